The van der Waals surface area contributed by atoms with Crippen LogP contribution < -0.4 is 16.0 Å². The third kappa shape index (κ3) is 5.95. The Kier molecular flexibility index (Phi) is 6.71. The van der Waals surface area contributed by atoms with Gasteiger partial charge in [0.1, 0.15) is 11.4 Å². The number of halogens is 1. The molecule has 1 aliphatic rings. The van der Waals surface area contributed by atoms with E-state index in [1.54, 1.807) is 17.8 Å². The molecule has 0 spiro atoms. The second-order valence-electron chi connectivity index (χ2n) is 9.29. The maximum Gasteiger partial charge on any atom is 0.407 e. The van der Waals surface area contributed by atoms with Crippen molar-refractivity contribution in [2.75, 3.05) is 10.6 Å². The highest BCUT2D eigenvalue weighted by molar-refractivity contribution is 6.07. The summed E-state index contributed by atoms with van der Waals surface area (Å²) >= 11 is 0. The zero-order valence-electron chi connectivity index (χ0n) is 19.3. The minimum Gasteiger partial charge on any atom is -0.444 e. The number of aryl methyl sites for hydroxylation is 2. The number of hydrogen-bond donors (Lipinski definition) is 3. The molecule has 1 atom stereocenters. The number of nitrogens with zero attached hydrogens (tertiary/aromatic N) is 3. The number of aromatic nitrogens is 3. The summed E-state index contributed by atoms with van der Waals surface area (Å²) in [6, 6.07) is 4.25. The van der Waals surface area contributed by atoms with E-state index in [2.05, 4.69) is 26.0 Å². The van der Waals surface area contributed by atoms with Crippen molar-refractivity contribution >= 4 is 23.6 Å². The number of anilines is 2. The van der Waals surface area contributed by atoms with Crippen molar-refractivity contribution in [1.29, 1.82) is 0 Å². The number of alkyl carbamates (subject to hydrolysis) is 1. The number of rotatable bonds is 6. The fraction of sp³-hybridized carbons (Fsp3) is 0.545. The van der Waals surface area contributed by atoms with Crippen LogP contribution in [-0.2, 0) is 11.8 Å². The lowest BCUT2D eigenvalue weighted by atomic mass is 9.76. The van der Waals surface area contributed by atoms with Crippen LogP contribution in [0.5, 0.6) is 0 Å². The van der Waals surface area contributed by atoms with Crippen LogP contribution in [0.25, 0.3) is 0 Å². The van der Waals surface area contributed by atoms with Gasteiger partial charge in [-0.2, -0.15) is 9.49 Å². The third-order valence-electron chi connectivity index (χ3n) is 5.43. The van der Waals surface area contributed by atoms with E-state index in [4.69, 9.17) is 4.74 Å². The number of ether oxygens (including phenoxy) is 1. The predicted octanol–water partition coefficient (Wildman–Crippen LogP) is 3.62. The lowest BCUT2D eigenvalue weighted by Crippen LogP contribution is -2.48. The van der Waals surface area contributed by atoms with Crippen LogP contribution in [-0.4, -0.2) is 44.4 Å². The molecule has 3 rings (SSSR count). The number of amides is 2. The maximum absolute atomic E-state index is 13.8. The molecule has 1 saturated carbocycles. The van der Waals surface area contributed by atoms with Gasteiger partial charge in [0.05, 0.1) is 5.56 Å². The number of hydrogen-bond acceptors (Lipinski definition) is 6. The Balaban J connectivity index is 1.58. The van der Waals surface area contributed by atoms with Gasteiger partial charge >= 0.3 is 6.09 Å². The first-order valence-corrected chi connectivity index (χ1v) is 10.7. The summed E-state index contributed by atoms with van der Waals surface area (Å²) in [7, 11) is 1.78. The first-order valence-electron chi connectivity index (χ1n) is 10.7. The average molecular weight is 447 g/mol. The van der Waals surface area contributed by atoms with Gasteiger partial charge in [-0.05, 0) is 65.5 Å². The van der Waals surface area contributed by atoms with Crippen molar-refractivity contribution in [2.45, 2.75) is 65.1 Å². The summed E-state index contributed by atoms with van der Waals surface area (Å²) in [5.74, 6) is -0.257. The summed E-state index contributed by atoms with van der Waals surface area (Å²) in [6.45, 7) is 9.25. The van der Waals surface area contributed by atoms with Gasteiger partial charge in [-0.15, -0.1) is 0 Å². The van der Waals surface area contributed by atoms with Gasteiger partial charge in [0, 0.05) is 30.9 Å². The van der Waals surface area contributed by atoms with Gasteiger partial charge in [0.15, 0.2) is 5.82 Å². The van der Waals surface area contributed by atoms with Crippen molar-refractivity contribution < 1.29 is 18.7 Å². The molecule has 32 heavy (non-hydrogen) atoms. The monoisotopic (exact) mass is 446 g/mol. The predicted molar refractivity (Wildman–Crippen MR) is 119 cm³/mol. The largest absolute Gasteiger partial charge is 0.444 e. The average Bonchev–Trinajstić information content (AvgIpc) is 2.93. The quantitative estimate of drug-likeness (QED) is 0.585. The summed E-state index contributed by atoms with van der Waals surface area (Å²) in [5.41, 5.74) is 0.574. The molecule has 174 valence electrons. The van der Waals surface area contributed by atoms with E-state index in [1.165, 1.54) is 6.07 Å². The fourth-order valence-corrected chi connectivity index (χ4v) is 3.53. The van der Waals surface area contributed by atoms with Gasteiger partial charge in [0.2, 0.25) is 5.95 Å². The minimum atomic E-state index is -0.673. The molecule has 10 heteroatoms. The lowest BCUT2D eigenvalue weighted by Gasteiger charge is -2.40. The SMILES string of the molecule is Cc1cc(NC(=O)c2ccc(F)nc2NC2CC(C(C)NC(=O)OC(C)(C)C)C2)nn1C. The van der Waals surface area contributed by atoms with Gasteiger partial charge in [-0.3, -0.25) is 9.48 Å². The van der Waals surface area contributed by atoms with Gasteiger partial charge in [0.25, 0.3) is 5.91 Å². The molecule has 0 bridgehead atoms. The molecule has 2 aromatic heterocycles. The van der Waals surface area contributed by atoms with Crippen LogP contribution >= 0.6 is 0 Å². The van der Waals surface area contributed by atoms with E-state index in [0.717, 1.165) is 24.6 Å². The molecule has 9 nitrogen and oxygen atoms in total. The number of carbonyl (C=O) groups excluding carboxylic acids is 2. The van der Waals surface area contributed by atoms with Crippen molar-refractivity contribution in [1.82, 2.24) is 20.1 Å². The first kappa shape index (κ1) is 23.5. The van der Waals surface area contributed by atoms with Gasteiger partial charge < -0.3 is 20.7 Å². The summed E-state index contributed by atoms with van der Waals surface area (Å²) in [6.07, 6.45) is 1.04. The molecular weight excluding hydrogens is 415 g/mol. The number of nitrogens with one attached hydrogen (secondary N) is 3. The highest BCUT2D eigenvalue weighted by Crippen LogP contribution is 2.33. The van der Waals surface area contributed by atoms with E-state index >= 15 is 0 Å². The summed E-state index contributed by atoms with van der Waals surface area (Å²) in [4.78, 5) is 28.6. The van der Waals surface area contributed by atoms with Crippen molar-refractivity contribution in [3.63, 3.8) is 0 Å². The molecule has 2 aromatic rings. The lowest BCUT2D eigenvalue weighted by molar-refractivity contribution is 0.0470. The standard InChI is InChI=1S/C22H31FN6O3/c1-12-9-18(28-29(12)6)27-20(30)16-7-8-17(23)26-19(16)25-15-10-14(11-15)13(2)24-21(31)32-22(3,4)5/h7-9,13-15H,10-11H2,1-6H3,(H,24,31)(H,25,26)(H,27,28,30). The van der Waals surface area contributed by atoms with Crippen LogP contribution in [0.1, 0.15) is 56.6 Å². The summed E-state index contributed by atoms with van der Waals surface area (Å²) in [5, 5.41) is 13.0. The number of pyridine rings is 1. The zero-order valence-corrected chi connectivity index (χ0v) is 19.3. The highest BCUT2D eigenvalue weighted by Gasteiger charge is 2.35. The molecule has 0 saturated heterocycles. The topological polar surface area (TPSA) is 110 Å². The van der Waals surface area contributed by atoms with Crippen molar-refractivity contribution in [3.05, 3.63) is 35.4 Å². The van der Waals surface area contributed by atoms with Gasteiger partial charge in [-0.1, -0.05) is 0 Å². The first-order chi connectivity index (χ1) is 14.9. The van der Waals surface area contributed by atoms with Crippen LogP contribution in [0.4, 0.5) is 20.8 Å². The smallest absolute Gasteiger partial charge is 0.407 e. The molecule has 2 amide bonds. The van der Waals surface area contributed by atoms with Crippen LogP contribution in [0, 0.1) is 18.8 Å². The van der Waals surface area contributed by atoms with Crippen LogP contribution in [0.15, 0.2) is 18.2 Å². The number of carbonyl (C=O) groups is 2. The Morgan fingerprint density at radius 1 is 1.28 bits per heavy atom. The fourth-order valence-electron chi connectivity index (χ4n) is 3.53. The van der Waals surface area contributed by atoms with Crippen LogP contribution in [0.2, 0.25) is 0 Å². The Hall–Kier alpha value is -3.17. The molecule has 3 N–H and O–H groups in total. The zero-order chi connectivity index (χ0) is 23.6. The van der Waals surface area contributed by atoms with Crippen molar-refractivity contribution in [3.8, 4) is 0 Å². The molecule has 1 fully saturated rings. The maximum atomic E-state index is 13.8. The summed E-state index contributed by atoms with van der Waals surface area (Å²) < 4.78 is 20.7. The van der Waals surface area contributed by atoms with E-state index in [-0.39, 0.29) is 29.4 Å². The van der Waals surface area contributed by atoms with Gasteiger partial charge in [-0.25, -0.2) is 9.78 Å². The minimum absolute atomic E-state index is 0.0147. The van der Waals surface area contributed by atoms with E-state index in [1.807, 2.05) is 34.6 Å². The van der Waals surface area contributed by atoms with E-state index in [9.17, 15) is 14.0 Å². The molecular formula is C22H31FN6O3. The molecule has 0 aromatic carbocycles. The normalized spacial score (nSPS) is 19.0. The molecule has 2 heterocycles. The van der Waals surface area contributed by atoms with Crippen LogP contribution in [0.3, 0.4) is 0 Å². The second-order valence-corrected chi connectivity index (χ2v) is 9.29. The Bertz CT molecular complexity index is 975. The Morgan fingerprint density at radius 2 is 1.97 bits per heavy atom. The third-order valence-corrected chi connectivity index (χ3v) is 5.43. The Morgan fingerprint density at radius 3 is 2.56 bits per heavy atom. The van der Waals surface area contributed by atoms with Crippen molar-refractivity contribution in [2.24, 2.45) is 13.0 Å². The Labute approximate surface area is 187 Å². The molecule has 0 radical (unpaired) electrons. The highest BCUT2D eigenvalue weighted by atomic mass is 19.1. The second kappa shape index (κ2) is 9.13. The van der Waals surface area contributed by atoms with E-state index in [0.29, 0.717) is 5.82 Å². The molecule has 1 unspecified atom stereocenters. The molecule has 1 aliphatic carbocycles. The molecule has 0 aliphatic heterocycles. The van der Waals surface area contributed by atoms with E-state index < -0.39 is 23.5 Å².